The molecule has 1 aromatic rings. The highest BCUT2D eigenvalue weighted by Gasteiger charge is 2.05. The van der Waals surface area contributed by atoms with Gasteiger partial charge in [-0.2, -0.15) is 0 Å². The fourth-order valence-corrected chi connectivity index (χ4v) is 1.16. The van der Waals surface area contributed by atoms with E-state index in [1.807, 2.05) is 6.92 Å². The normalized spacial score (nSPS) is 11.2. The Labute approximate surface area is 88.8 Å². The first-order valence-corrected chi connectivity index (χ1v) is 4.67. The number of carbonyl (C=O) groups excluding carboxylic acids is 1. The predicted octanol–water partition coefficient (Wildman–Crippen LogP) is 1.20. The van der Waals surface area contributed by atoms with E-state index in [4.69, 9.17) is 5.73 Å². The molecule has 0 heterocycles. The number of nitrogens with zero attached hydrogens (tertiary/aromatic N) is 1. The van der Waals surface area contributed by atoms with Crippen molar-refractivity contribution in [2.24, 2.45) is 10.7 Å². The molecular formula is C11H14N2O2. The van der Waals surface area contributed by atoms with E-state index in [1.165, 1.54) is 7.11 Å². The summed E-state index contributed by atoms with van der Waals surface area (Å²) in [5.41, 5.74) is 7.01. The third-order valence-corrected chi connectivity index (χ3v) is 1.93. The van der Waals surface area contributed by atoms with Gasteiger partial charge in [0.2, 0.25) is 0 Å². The molecule has 0 aliphatic rings. The molecule has 0 saturated heterocycles. The molecule has 0 aromatic heterocycles. The fourth-order valence-electron chi connectivity index (χ4n) is 1.16. The molecule has 1 rings (SSSR count). The maximum Gasteiger partial charge on any atom is 0.337 e. The third-order valence-electron chi connectivity index (χ3n) is 1.93. The zero-order chi connectivity index (χ0) is 11.3. The molecular weight excluding hydrogens is 192 g/mol. The molecule has 80 valence electrons. The van der Waals surface area contributed by atoms with Gasteiger partial charge in [-0.25, -0.2) is 4.79 Å². The van der Waals surface area contributed by atoms with Crippen LogP contribution in [0.25, 0.3) is 0 Å². The maximum absolute atomic E-state index is 11.1. The third kappa shape index (κ3) is 2.80. The highest BCUT2D eigenvalue weighted by atomic mass is 16.5. The van der Waals surface area contributed by atoms with Crippen LogP contribution in [0.5, 0.6) is 0 Å². The van der Waals surface area contributed by atoms with Crippen LogP contribution in [0, 0.1) is 0 Å². The van der Waals surface area contributed by atoms with E-state index in [1.54, 1.807) is 24.3 Å². The molecule has 0 amide bonds. The Kier molecular flexibility index (Phi) is 3.85. The summed E-state index contributed by atoms with van der Waals surface area (Å²) in [6.07, 6.45) is 0. The van der Waals surface area contributed by atoms with Gasteiger partial charge in [0.1, 0.15) is 5.84 Å². The van der Waals surface area contributed by atoms with Crippen molar-refractivity contribution in [2.45, 2.75) is 6.92 Å². The summed E-state index contributed by atoms with van der Waals surface area (Å²) in [5.74, 6) is 0.126. The summed E-state index contributed by atoms with van der Waals surface area (Å²) in [5, 5.41) is 0. The number of rotatable bonds is 3. The van der Waals surface area contributed by atoms with Crippen molar-refractivity contribution in [3.05, 3.63) is 35.4 Å². The number of aliphatic imine (C=N–C) groups is 1. The minimum absolute atomic E-state index is 0.354. The lowest BCUT2D eigenvalue weighted by molar-refractivity contribution is 0.0601. The molecule has 0 atom stereocenters. The van der Waals surface area contributed by atoms with Crippen LogP contribution in [0.2, 0.25) is 0 Å². The van der Waals surface area contributed by atoms with Crippen LogP contribution in [0.15, 0.2) is 29.3 Å². The Hall–Kier alpha value is -1.84. The molecule has 4 nitrogen and oxygen atoms in total. The number of amidine groups is 1. The van der Waals surface area contributed by atoms with Crippen molar-refractivity contribution >= 4 is 11.8 Å². The van der Waals surface area contributed by atoms with E-state index in [0.717, 1.165) is 5.56 Å². The minimum Gasteiger partial charge on any atom is -0.465 e. The van der Waals surface area contributed by atoms with Crippen LogP contribution in [0.4, 0.5) is 0 Å². The van der Waals surface area contributed by atoms with Gasteiger partial charge < -0.3 is 10.5 Å². The van der Waals surface area contributed by atoms with Gasteiger partial charge in [-0.1, -0.05) is 12.1 Å². The van der Waals surface area contributed by atoms with Crippen LogP contribution in [0.3, 0.4) is 0 Å². The van der Waals surface area contributed by atoms with E-state index in [-0.39, 0.29) is 5.97 Å². The highest BCUT2D eigenvalue weighted by molar-refractivity contribution is 5.98. The van der Waals surface area contributed by atoms with Crippen LogP contribution in [-0.2, 0) is 4.74 Å². The van der Waals surface area contributed by atoms with Crippen LogP contribution in [-0.4, -0.2) is 25.5 Å². The zero-order valence-corrected chi connectivity index (χ0v) is 8.86. The summed E-state index contributed by atoms with van der Waals surface area (Å²) in [6.45, 7) is 2.56. The molecule has 0 fully saturated rings. The number of nitrogens with two attached hydrogens (primary N) is 1. The van der Waals surface area contributed by atoms with Gasteiger partial charge in [0.15, 0.2) is 0 Å². The molecule has 0 bridgehead atoms. The summed E-state index contributed by atoms with van der Waals surface area (Å²) < 4.78 is 4.58. The van der Waals surface area contributed by atoms with Gasteiger partial charge in [-0.3, -0.25) is 4.99 Å². The van der Waals surface area contributed by atoms with Gasteiger partial charge in [-0.15, -0.1) is 0 Å². The number of hydrogen-bond donors (Lipinski definition) is 1. The molecule has 0 aliphatic carbocycles. The van der Waals surface area contributed by atoms with Crippen molar-refractivity contribution in [2.75, 3.05) is 13.7 Å². The summed E-state index contributed by atoms with van der Waals surface area (Å²) in [4.78, 5) is 15.2. The van der Waals surface area contributed by atoms with E-state index in [0.29, 0.717) is 17.9 Å². The van der Waals surface area contributed by atoms with Gasteiger partial charge in [0.25, 0.3) is 0 Å². The van der Waals surface area contributed by atoms with Crippen LogP contribution >= 0.6 is 0 Å². The lowest BCUT2D eigenvalue weighted by Crippen LogP contribution is -2.14. The molecule has 0 radical (unpaired) electrons. The smallest absolute Gasteiger partial charge is 0.337 e. The SMILES string of the molecule is CCN=C(N)c1ccc(C(=O)OC)cc1. The summed E-state index contributed by atoms with van der Waals surface area (Å²) in [6, 6.07) is 6.83. The van der Waals surface area contributed by atoms with Crippen molar-refractivity contribution in [1.82, 2.24) is 0 Å². The number of esters is 1. The Morgan fingerprint density at radius 3 is 2.33 bits per heavy atom. The molecule has 2 N–H and O–H groups in total. The number of methoxy groups -OCH3 is 1. The maximum atomic E-state index is 11.1. The first kappa shape index (κ1) is 11.2. The Bertz CT molecular complexity index is 369. The number of carbonyl (C=O) groups is 1. The van der Waals surface area contributed by atoms with Gasteiger partial charge in [0, 0.05) is 12.1 Å². The average Bonchev–Trinajstić information content (AvgIpc) is 2.28. The van der Waals surface area contributed by atoms with Crippen LogP contribution in [0.1, 0.15) is 22.8 Å². The molecule has 0 unspecified atom stereocenters. The van der Waals surface area contributed by atoms with Gasteiger partial charge in [-0.05, 0) is 19.1 Å². The number of hydrogen-bond acceptors (Lipinski definition) is 3. The van der Waals surface area contributed by atoms with Crippen molar-refractivity contribution in [3.8, 4) is 0 Å². The van der Waals surface area contributed by atoms with Crippen molar-refractivity contribution < 1.29 is 9.53 Å². The predicted molar refractivity (Wildman–Crippen MR) is 59.0 cm³/mol. The fraction of sp³-hybridized carbons (Fsp3) is 0.273. The summed E-state index contributed by atoms with van der Waals surface area (Å²) in [7, 11) is 1.35. The van der Waals surface area contributed by atoms with Crippen molar-refractivity contribution in [1.29, 1.82) is 0 Å². The van der Waals surface area contributed by atoms with Crippen molar-refractivity contribution in [3.63, 3.8) is 0 Å². The van der Waals surface area contributed by atoms with E-state index >= 15 is 0 Å². The molecule has 15 heavy (non-hydrogen) atoms. The minimum atomic E-state index is -0.354. The van der Waals surface area contributed by atoms with Gasteiger partial charge in [0.05, 0.1) is 12.7 Å². The quantitative estimate of drug-likeness (QED) is 0.459. The standard InChI is InChI=1S/C11H14N2O2/c1-3-13-10(12)8-4-6-9(7-5-8)11(14)15-2/h4-7H,3H2,1-2H3,(H2,12,13). The number of benzene rings is 1. The van der Waals surface area contributed by atoms with E-state index in [9.17, 15) is 4.79 Å². The Morgan fingerprint density at radius 2 is 1.87 bits per heavy atom. The molecule has 0 spiro atoms. The molecule has 0 saturated carbocycles. The average molecular weight is 206 g/mol. The van der Waals surface area contributed by atoms with E-state index in [2.05, 4.69) is 9.73 Å². The van der Waals surface area contributed by atoms with Crippen LogP contribution < -0.4 is 5.73 Å². The first-order chi connectivity index (χ1) is 7.19. The lowest BCUT2D eigenvalue weighted by Gasteiger charge is -2.02. The first-order valence-electron chi connectivity index (χ1n) is 4.67. The Balaban J connectivity index is 2.90. The highest BCUT2D eigenvalue weighted by Crippen LogP contribution is 2.05. The lowest BCUT2D eigenvalue weighted by atomic mass is 10.1. The second-order valence-electron chi connectivity index (χ2n) is 2.93. The molecule has 0 aliphatic heterocycles. The second kappa shape index (κ2) is 5.14. The molecule has 1 aromatic carbocycles. The second-order valence-corrected chi connectivity index (χ2v) is 2.93. The zero-order valence-electron chi connectivity index (χ0n) is 8.86. The van der Waals surface area contributed by atoms with Gasteiger partial charge >= 0.3 is 5.97 Å². The Morgan fingerprint density at radius 1 is 1.33 bits per heavy atom. The molecule has 4 heteroatoms. The monoisotopic (exact) mass is 206 g/mol. The summed E-state index contributed by atoms with van der Waals surface area (Å²) >= 11 is 0. The topological polar surface area (TPSA) is 64.7 Å². The number of ether oxygens (including phenoxy) is 1. The largest absolute Gasteiger partial charge is 0.465 e. The van der Waals surface area contributed by atoms with E-state index < -0.39 is 0 Å².